The lowest BCUT2D eigenvalue weighted by Crippen LogP contribution is -2.52. The number of fused-ring (bicyclic) bond motifs is 1. The van der Waals surface area contributed by atoms with E-state index in [0.717, 1.165) is 35.3 Å². The van der Waals surface area contributed by atoms with E-state index in [-0.39, 0.29) is 11.5 Å². The smallest absolute Gasteiger partial charge is 0.330 e. The fourth-order valence-electron chi connectivity index (χ4n) is 2.97. The number of benzene rings is 1. The molecule has 1 aromatic carbocycles. The Kier molecular flexibility index (Phi) is 3.74. The number of hydrogen-bond donors (Lipinski definition) is 2. The number of carbonyl (C=O) groups excluding carboxylic acids is 1. The minimum Gasteiger partial charge on any atom is -0.463 e. The van der Waals surface area contributed by atoms with Crippen molar-refractivity contribution in [2.45, 2.75) is 31.7 Å². The van der Waals surface area contributed by atoms with Crippen molar-refractivity contribution in [1.82, 2.24) is 4.98 Å². The van der Waals surface area contributed by atoms with Crippen molar-refractivity contribution in [1.29, 1.82) is 0 Å². The van der Waals surface area contributed by atoms with Crippen LogP contribution in [0.1, 0.15) is 37.6 Å². The lowest BCUT2D eigenvalue weighted by molar-refractivity contribution is -0.658. The van der Waals surface area contributed by atoms with Gasteiger partial charge in [0.15, 0.2) is 11.0 Å². The van der Waals surface area contributed by atoms with Crippen LogP contribution in [0.3, 0.4) is 0 Å². The zero-order valence-electron chi connectivity index (χ0n) is 13.1. The van der Waals surface area contributed by atoms with Gasteiger partial charge in [0.2, 0.25) is 0 Å². The molecule has 22 heavy (non-hydrogen) atoms. The molecular formula is C17H22N3O2+. The first-order chi connectivity index (χ1) is 10.5. The molecule has 2 aromatic rings. The van der Waals surface area contributed by atoms with Crippen molar-refractivity contribution < 1.29 is 14.1 Å². The van der Waals surface area contributed by atoms with Gasteiger partial charge in [-0.1, -0.05) is 6.07 Å². The molecule has 0 aliphatic heterocycles. The number of rotatable bonds is 4. The summed E-state index contributed by atoms with van der Waals surface area (Å²) in [5.41, 5.74) is 9.30. The first kappa shape index (κ1) is 14.8. The van der Waals surface area contributed by atoms with Crippen LogP contribution < -0.4 is 10.3 Å². The Hall–Kier alpha value is -2.14. The van der Waals surface area contributed by atoms with Gasteiger partial charge < -0.3 is 10.5 Å². The van der Waals surface area contributed by atoms with Crippen molar-refractivity contribution in [3.63, 3.8) is 0 Å². The molecule has 0 unspecified atom stereocenters. The van der Waals surface area contributed by atoms with Gasteiger partial charge in [0, 0.05) is 6.08 Å². The molecule has 1 aliphatic rings. The second-order valence-corrected chi connectivity index (χ2v) is 5.90. The van der Waals surface area contributed by atoms with Crippen LogP contribution >= 0.6 is 0 Å². The van der Waals surface area contributed by atoms with Gasteiger partial charge in [-0.25, -0.2) is 14.3 Å². The molecule has 1 heterocycles. The topological polar surface area (TPSA) is 72.0 Å². The van der Waals surface area contributed by atoms with Crippen LogP contribution in [0.25, 0.3) is 17.1 Å². The molecule has 5 nitrogen and oxygen atoms in total. The monoisotopic (exact) mass is 300 g/mol. The number of carbonyl (C=O) groups is 1. The number of hydrogen-bond acceptors (Lipinski definition) is 3. The molecule has 1 fully saturated rings. The van der Waals surface area contributed by atoms with Gasteiger partial charge in [-0.2, -0.15) is 0 Å². The van der Waals surface area contributed by atoms with Crippen LogP contribution in [0.4, 0.5) is 0 Å². The molecule has 0 saturated heterocycles. The number of aromatic amines is 1. The van der Waals surface area contributed by atoms with Crippen molar-refractivity contribution >= 4 is 23.1 Å². The lowest BCUT2D eigenvalue weighted by atomic mass is 9.77. The van der Waals surface area contributed by atoms with Crippen molar-refractivity contribution in [3.05, 3.63) is 35.7 Å². The third-order valence-electron chi connectivity index (χ3n) is 4.39. The Bertz CT molecular complexity index is 742. The number of aromatic nitrogens is 2. The second-order valence-electron chi connectivity index (χ2n) is 5.90. The fourth-order valence-corrected chi connectivity index (χ4v) is 2.97. The Balaban J connectivity index is 1.93. The molecule has 1 aliphatic carbocycles. The molecule has 3 rings (SSSR count). The largest absolute Gasteiger partial charge is 0.463 e. The van der Waals surface area contributed by atoms with Crippen LogP contribution in [0.5, 0.6) is 0 Å². The van der Waals surface area contributed by atoms with Crippen molar-refractivity contribution in [2.75, 3.05) is 6.61 Å². The number of nitrogens with two attached hydrogens (primary N) is 1. The second kappa shape index (κ2) is 5.57. The molecule has 116 valence electrons. The molecule has 5 heteroatoms. The van der Waals surface area contributed by atoms with Crippen LogP contribution in [-0.4, -0.2) is 17.6 Å². The highest BCUT2D eigenvalue weighted by Gasteiger charge is 2.43. The maximum Gasteiger partial charge on any atom is 0.330 e. The predicted octanol–water partition coefficient (Wildman–Crippen LogP) is 1.91. The molecular weight excluding hydrogens is 278 g/mol. The van der Waals surface area contributed by atoms with E-state index < -0.39 is 0 Å². The Labute approximate surface area is 129 Å². The number of esters is 1. The number of nitrogens with one attached hydrogen (secondary N) is 1. The SMILES string of the molecule is CCOC(=O)/C=C/c1ccc2[nH]c(C3(N)CCC3)[n+](C)c2c1. The minimum atomic E-state index is -0.322. The van der Waals surface area contributed by atoms with Gasteiger partial charge in [0.05, 0.1) is 13.7 Å². The summed E-state index contributed by atoms with van der Waals surface area (Å²) < 4.78 is 7.01. The summed E-state index contributed by atoms with van der Waals surface area (Å²) in [5.74, 6) is 0.748. The van der Waals surface area contributed by atoms with Crippen LogP contribution in [0, 0.1) is 0 Å². The van der Waals surface area contributed by atoms with E-state index in [1.54, 1.807) is 13.0 Å². The third-order valence-corrected chi connectivity index (χ3v) is 4.39. The predicted molar refractivity (Wildman–Crippen MR) is 84.9 cm³/mol. The number of ether oxygens (including phenoxy) is 1. The quantitative estimate of drug-likeness (QED) is 0.515. The normalized spacial score (nSPS) is 16.9. The van der Waals surface area contributed by atoms with Gasteiger partial charge in [0.25, 0.3) is 5.82 Å². The molecule has 0 radical (unpaired) electrons. The fraction of sp³-hybridized carbons (Fsp3) is 0.412. The number of H-pyrrole nitrogens is 1. The molecule has 0 bridgehead atoms. The van der Waals surface area contributed by atoms with E-state index in [1.807, 2.05) is 25.2 Å². The maximum absolute atomic E-state index is 11.4. The summed E-state index contributed by atoms with van der Waals surface area (Å²) in [6, 6.07) is 6.04. The number of aryl methyl sites for hydroxylation is 1. The third kappa shape index (κ3) is 2.52. The van der Waals surface area contributed by atoms with Crippen LogP contribution in [0.15, 0.2) is 24.3 Å². The van der Waals surface area contributed by atoms with E-state index in [2.05, 4.69) is 9.55 Å². The van der Waals surface area contributed by atoms with Gasteiger partial charge in [0.1, 0.15) is 5.54 Å². The Morgan fingerprint density at radius 2 is 2.27 bits per heavy atom. The zero-order valence-corrected chi connectivity index (χ0v) is 13.1. The first-order valence-corrected chi connectivity index (χ1v) is 7.69. The number of nitrogens with zero attached hydrogens (tertiary/aromatic N) is 1. The molecule has 0 spiro atoms. The average Bonchev–Trinajstić information content (AvgIpc) is 2.80. The first-order valence-electron chi connectivity index (χ1n) is 7.69. The van der Waals surface area contributed by atoms with Gasteiger partial charge in [-0.05, 0) is 50.0 Å². The van der Waals surface area contributed by atoms with Crippen molar-refractivity contribution in [2.24, 2.45) is 12.8 Å². The molecule has 3 N–H and O–H groups in total. The highest BCUT2D eigenvalue weighted by atomic mass is 16.5. The number of imidazole rings is 1. The highest BCUT2D eigenvalue weighted by molar-refractivity contribution is 5.88. The summed E-state index contributed by atoms with van der Waals surface area (Å²) in [5, 5.41) is 0. The molecule has 1 saturated carbocycles. The standard InChI is InChI=1S/C17H21N3O2/c1-3-22-15(21)8-6-12-5-7-13-14(11-12)20(2)16(19-13)17(18)9-4-10-17/h5-8,11H,3-4,9-10,18H2,1-2H3/p+1/b8-6+. The summed E-state index contributed by atoms with van der Waals surface area (Å²) in [6.07, 6.45) is 6.44. The van der Waals surface area contributed by atoms with E-state index in [0.29, 0.717) is 6.61 Å². The lowest BCUT2D eigenvalue weighted by Gasteiger charge is -2.33. The van der Waals surface area contributed by atoms with E-state index >= 15 is 0 Å². The molecule has 0 amide bonds. The highest BCUT2D eigenvalue weighted by Crippen LogP contribution is 2.37. The summed E-state index contributed by atoms with van der Waals surface area (Å²) in [4.78, 5) is 14.8. The summed E-state index contributed by atoms with van der Waals surface area (Å²) in [6.45, 7) is 2.18. The zero-order chi connectivity index (χ0) is 15.7. The molecule has 0 atom stereocenters. The Morgan fingerprint density at radius 3 is 2.91 bits per heavy atom. The van der Waals surface area contributed by atoms with E-state index in [9.17, 15) is 4.79 Å². The molecule has 1 aromatic heterocycles. The van der Waals surface area contributed by atoms with E-state index in [4.69, 9.17) is 10.5 Å². The van der Waals surface area contributed by atoms with E-state index in [1.165, 1.54) is 12.5 Å². The average molecular weight is 300 g/mol. The maximum atomic E-state index is 11.4. The van der Waals surface area contributed by atoms with Gasteiger partial charge >= 0.3 is 5.97 Å². The van der Waals surface area contributed by atoms with Gasteiger partial charge in [-0.3, -0.25) is 0 Å². The summed E-state index contributed by atoms with van der Waals surface area (Å²) in [7, 11) is 2.03. The summed E-state index contributed by atoms with van der Waals surface area (Å²) >= 11 is 0. The van der Waals surface area contributed by atoms with Crippen LogP contribution in [-0.2, 0) is 22.1 Å². The minimum absolute atomic E-state index is 0.227. The van der Waals surface area contributed by atoms with Crippen LogP contribution in [0.2, 0.25) is 0 Å². The Morgan fingerprint density at radius 1 is 1.50 bits per heavy atom. The van der Waals surface area contributed by atoms with Crippen molar-refractivity contribution in [3.8, 4) is 0 Å². The van der Waals surface area contributed by atoms with Gasteiger partial charge in [-0.15, -0.1) is 0 Å².